The number of aliphatic hydroxyl groups is 1. The number of rotatable bonds is 8. The Bertz CT molecular complexity index is 830. The van der Waals surface area contributed by atoms with Crippen LogP contribution in [-0.4, -0.2) is 77.9 Å². The largest absolute Gasteiger partial charge is 0.504 e. The molecule has 0 aliphatic carbocycles. The Morgan fingerprint density at radius 1 is 1.03 bits per heavy atom. The number of carbonyl (C=O) groups excluding carboxylic acids is 1. The molecule has 0 aromatic heterocycles. The smallest absolute Gasteiger partial charge is 0.238 e. The SMILES string of the molecule is Cc1cccc(C)c1NC(=O)CN1CCN(C[C@@H](O)COc2ccccc2O)CC1. The van der Waals surface area contributed by atoms with E-state index in [0.29, 0.717) is 18.8 Å². The Balaban J connectivity index is 1.38. The average molecular weight is 414 g/mol. The molecule has 0 spiro atoms. The summed E-state index contributed by atoms with van der Waals surface area (Å²) in [5.41, 5.74) is 3.02. The second kappa shape index (κ2) is 10.4. The molecule has 3 N–H and O–H groups in total. The van der Waals surface area contributed by atoms with Crippen molar-refractivity contribution in [3.8, 4) is 11.5 Å². The molecule has 1 atom stereocenters. The predicted octanol–water partition coefficient (Wildman–Crippen LogP) is 2.01. The van der Waals surface area contributed by atoms with Crippen LogP contribution in [0, 0.1) is 13.8 Å². The van der Waals surface area contributed by atoms with E-state index in [1.54, 1.807) is 24.3 Å². The number of hydrogen-bond acceptors (Lipinski definition) is 6. The highest BCUT2D eigenvalue weighted by atomic mass is 16.5. The standard InChI is InChI=1S/C23H31N3O4/c1-17-6-5-7-18(2)23(17)24-22(29)15-26-12-10-25(11-13-26)14-19(27)16-30-21-9-4-3-8-20(21)28/h3-9,19,27-28H,10-16H2,1-2H3,(H,24,29)/t19-/m1/s1. The van der Waals surface area contributed by atoms with E-state index in [0.717, 1.165) is 43.0 Å². The van der Waals surface area contributed by atoms with Gasteiger partial charge in [0.05, 0.1) is 6.54 Å². The molecule has 0 unspecified atom stereocenters. The van der Waals surface area contributed by atoms with E-state index < -0.39 is 6.10 Å². The van der Waals surface area contributed by atoms with E-state index in [-0.39, 0.29) is 18.3 Å². The summed E-state index contributed by atoms with van der Waals surface area (Å²) in [4.78, 5) is 16.7. The van der Waals surface area contributed by atoms with Crippen molar-refractivity contribution >= 4 is 11.6 Å². The number of para-hydroxylation sites is 3. The summed E-state index contributed by atoms with van der Waals surface area (Å²) < 4.78 is 5.50. The second-order valence-electron chi connectivity index (χ2n) is 7.82. The number of benzene rings is 2. The van der Waals surface area contributed by atoms with Crippen LogP contribution in [0.1, 0.15) is 11.1 Å². The highest BCUT2D eigenvalue weighted by Gasteiger charge is 2.21. The van der Waals surface area contributed by atoms with Crippen molar-refractivity contribution < 1.29 is 19.7 Å². The van der Waals surface area contributed by atoms with Gasteiger partial charge in [0, 0.05) is 38.4 Å². The fourth-order valence-corrected chi connectivity index (χ4v) is 3.64. The first kappa shape index (κ1) is 22.1. The van der Waals surface area contributed by atoms with Crippen molar-refractivity contribution in [2.24, 2.45) is 0 Å². The zero-order chi connectivity index (χ0) is 21.5. The van der Waals surface area contributed by atoms with Gasteiger partial charge in [-0.25, -0.2) is 0 Å². The Morgan fingerprint density at radius 3 is 2.33 bits per heavy atom. The third-order valence-corrected chi connectivity index (χ3v) is 5.34. The number of phenols is 1. The Hall–Kier alpha value is -2.61. The minimum absolute atomic E-state index is 0.00282. The van der Waals surface area contributed by atoms with E-state index in [1.165, 1.54) is 0 Å². The molecule has 7 nitrogen and oxygen atoms in total. The van der Waals surface area contributed by atoms with E-state index >= 15 is 0 Å². The van der Waals surface area contributed by atoms with Gasteiger partial charge >= 0.3 is 0 Å². The minimum Gasteiger partial charge on any atom is -0.504 e. The summed E-state index contributed by atoms with van der Waals surface area (Å²) >= 11 is 0. The molecular formula is C23H31N3O4. The van der Waals surface area contributed by atoms with Crippen LogP contribution in [-0.2, 0) is 4.79 Å². The van der Waals surface area contributed by atoms with Crippen molar-refractivity contribution in [1.29, 1.82) is 0 Å². The Morgan fingerprint density at radius 2 is 1.67 bits per heavy atom. The molecule has 2 aromatic rings. The lowest BCUT2D eigenvalue weighted by Crippen LogP contribution is -2.50. The van der Waals surface area contributed by atoms with Gasteiger partial charge in [0.15, 0.2) is 11.5 Å². The van der Waals surface area contributed by atoms with Gasteiger partial charge in [0.25, 0.3) is 0 Å². The molecule has 0 bridgehead atoms. The number of aryl methyl sites for hydroxylation is 2. The number of β-amino-alcohol motifs (C(OH)–C–C–N with tert-alkyl or cyclic N) is 1. The van der Waals surface area contributed by atoms with E-state index in [9.17, 15) is 15.0 Å². The lowest BCUT2D eigenvalue weighted by molar-refractivity contribution is -0.117. The highest BCUT2D eigenvalue weighted by Crippen LogP contribution is 2.24. The fourth-order valence-electron chi connectivity index (χ4n) is 3.64. The van der Waals surface area contributed by atoms with Gasteiger partial charge in [-0.2, -0.15) is 0 Å². The van der Waals surface area contributed by atoms with Gasteiger partial charge in [-0.05, 0) is 37.1 Å². The molecule has 0 saturated carbocycles. The van der Waals surface area contributed by atoms with Crippen molar-refractivity contribution in [2.75, 3.05) is 51.2 Å². The van der Waals surface area contributed by atoms with Crippen LogP contribution in [0.15, 0.2) is 42.5 Å². The molecule has 3 rings (SSSR count). The topological polar surface area (TPSA) is 85.3 Å². The molecular weight excluding hydrogens is 382 g/mol. The van der Waals surface area contributed by atoms with Crippen LogP contribution >= 0.6 is 0 Å². The van der Waals surface area contributed by atoms with Crippen LogP contribution in [0.2, 0.25) is 0 Å². The van der Waals surface area contributed by atoms with Crippen LogP contribution in [0.5, 0.6) is 11.5 Å². The molecule has 2 aromatic carbocycles. The van der Waals surface area contributed by atoms with Crippen LogP contribution in [0.3, 0.4) is 0 Å². The highest BCUT2D eigenvalue weighted by molar-refractivity contribution is 5.93. The number of amides is 1. The molecule has 1 heterocycles. The molecule has 1 amide bonds. The lowest BCUT2D eigenvalue weighted by Gasteiger charge is -2.35. The average Bonchev–Trinajstić information content (AvgIpc) is 2.72. The van der Waals surface area contributed by atoms with E-state index in [4.69, 9.17) is 4.74 Å². The van der Waals surface area contributed by atoms with Gasteiger partial charge < -0.3 is 20.3 Å². The van der Waals surface area contributed by atoms with Gasteiger partial charge in [0.2, 0.25) is 5.91 Å². The summed E-state index contributed by atoms with van der Waals surface area (Å²) in [6.07, 6.45) is -0.650. The van der Waals surface area contributed by atoms with Gasteiger partial charge in [-0.3, -0.25) is 14.6 Å². The summed E-state index contributed by atoms with van der Waals surface area (Å²) in [7, 11) is 0. The summed E-state index contributed by atoms with van der Waals surface area (Å²) in [6.45, 7) is 8.08. The molecule has 30 heavy (non-hydrogen) atoms. The summed E-state index contributed by atoms with van der Waals surface area (Å²) in [5.74, 6) is 0.436. The number of ether oxygens (including phenoxy) is 1. The summed E-state index contributed by atoms with van der Waals surface area (Å²) in [5, 5.41) is 23.0. The molecule has 1 fully saturated rings. The van der Waals surface area contributed by atoms with Crippen molar-refractivity contribution in [3.63, 3.8) is 0 Å². The van der Waals surface area contributed by atoms with Gasteiger partial charge in [-0.15, -0.1) is 0 Å². The molecule has 162 valence electrons. The molecule has 1 aliphatic heterocycles. The Labute approximate surface area is 177 Å². The number of nitrogens with one attached hydrogen (secondary N) is 1. The first-order valence-corrected chi connectivity index (χ1v) is 10.3. The molecule has 1 aliphatic rings. The number of phenolic OH excluding ortho intramolecular Hbond substituents is 1. The maximum Gasteiger partial charge on any atom is 0.238 e. The number of piperazine rings is 1. The molecule has 1 saturated heterocycles. The lowest BCUT2D eigenvalue weighted by atomic mass is 10.1. The van der Waals surface area contributed by atoms with Gasteiger partial charge in [-0.1, -0.05) is 30.3 Å². The molecule has 0 radical (unpaired) electrons. The number of anilines is 1. The first-order chi connectivity index (χ1) is 14.4. The zero-order valence-corrected chi connectivity index (χ0v) is 17.7. The van der Waals surface area contributed by atoms with Gasteiger partial charge in [0.1, 0.15) is 12.7 Å². The quantitative estimate of drug-likeness (QED) is 0.614. The first-order valence-electron chi connectivity index (χ1n) is 10.3. The number of aromatic hydroxyl groups is 1. The van der Waals surface area contributed by atoms with E-state index in [1.807, 2.05) is 32.0 Å². The van der Waals surface area contributed by atoms with Crippen molar-refractivity contribution in [1.82, 2.24) is 9.80 Å². The zero-order valence-electron chi connectivity index (χ0n) is 17.7. The number of hydrogen-bond donors (Lipinski definition) is 3. The molecule has 7 heteroatoms. The maximum absolute atomic E-state index is 12.4. The van der Waals surface area contributed by atoms with Crippen LogP contribution < -0.4 is 10.1 Å². The monoisotopic (exact) mass is 413 g/mol. The number of aliphatic hydroxyl groups excluding tert-OH is 1. The van der Waals surface area contributed by atoms with Crippen LogP contribution in [0.25, 0.3) is 0 Å². The number of nitrogens with zero attached hydrogens (tertiary/aromatic N) is 2. The van der Waals surface area contributed by atoms with Crippen molar-refractivity contribution in [3.05, 3.63) is 53.6 Å². The maximum atomic E-state index is 12.4. The third kappa shape index (κ3) is 6.19. The normalized spacial score (nSPS) is 16.2. The fraction of sp³-hybridized carbons (Fsp3) is 0.435. The van der Waals surface area contributed by atoms with Crippen LogP contribution in [0.4, 0.5) is 5.69 Å². The third-order valence-electron chi connectivity index (χ3n) is 5.34. The predicted molar refractivity (Wildman–Crippen MR) is 117 cm³/mol. The van der Waals surface area contributed by atoms with Crippen molar-refractivity contribution in [2.45, 2.75) is 20.0 Å². The van der Waals surface area contributed by atoms with E-state index in [2.05, 4.69) is 15.1 Å². The minimum atomic E-state index is -0.650. The Kier molecular flexibility index (Phi) is 7.68. The number of carbonyl (C=O) groups is 1. The summed E-state index contributed by atoms with van der Waals surface area (Å²) in [6, 6.07) is 12.7. The second-order valence-corrected chi connectivity index (χ2v) is 7.82.